The maximum absolute atomic E-state index is 12.2. The van der Waals surface area contributed by atoms with E-state index in [9.17, 15) is 4.79 Å². The van der Waals surface area contributed by atoms with Crippen molar-refractivity contribution >= 4 is 23.2 Å². The van der Waals surface area contributed by atoms with Crippen molar-refractivity contribution in [1.29, 1.82) is 0 Å². The van der Waals surface area contributed by atoms with E-state index >= 15 is 0 Å². The number of amides is 1. The van der Waals surface area contributed by atoms with Crippen LogP contribution in [-0.4, -0.2) is 31.3 Å². The molecule has 0 unspecified atom stereocenters. The molecule has 1 aromatic carbocycles. The zero-order chi connectivity index (χ0) is 18.4. The minimum atomic E-state index is -0.00839. The first-order valence-electron chi connectivity index (χ1n) is 8.76. The van der Waals surface area contributed by atoms with E-state index in [-0.39, 0.29) is 17.2 Å². The van der Waals surface area contributed by atoms with E-state index in [0.717, 1.165) is 12.8 Å². The minimum absolute atomic E-state index is 0.00839. The van der Waals surface area contributed by atoms with Gasteiger partial charge in [0.25, 0.3) is 0 Å². The molecule has 138 valence electrons. The van der Waals surface area contributed by atoms with Crippen LogP contribution in [0.2, 0.25) is 0 Å². The predicted octanol–water partition coefficient (Wildman–Crippen LogP) is 2.62. The first kappa shape index (κ1) is 19.7. The van der Waals surface area contributed by atoms with Crippen molar-refractivity contribution in [2.24, 2.45) is 5.92 Å². The van der Waals surface area contributed by atoms with Crippen LogP contribution in [0, 0.1) is 5.92 Å². The van der Waals surface area contributed by atoms with Gasteiger partial charge in [0.05, 0.1) is 0 Å². The molecule has 2 rings (SSSR count). The third-order valence-corrected chi connectivity index (χ3v) is 4.69. The number of nitrogens with one attached hydrogen (secondary N) is 3. The van der Waals surface area contributed by atoms with Crippen molar-refractivity contribution in [1.82, 2.24) is 16.2 Å². The number of methoxy groups -OCH3 is 1. The molecular weight excluding hydrogens is 334 g/mol. The lowest BCUT2D eigenvalue weighted by Gasteiger charge is -2.19. The molecule has 6 heteroatoms. The summed E-state index contributed by atoms with van der Waals surface area (Å²) in [5, 5.41) is 3.45. The molecule has 0 saturated heterocycles. The van der Waals surface area contributed by atoms with Gasteiger partial charge in [-0.25, -0.2) is 0 Å². The zero-order valence-electron chi connectivity index (χ0n) is 15.5. The molecule has 3 N–H and O–H groups in total. The number of rotatable bonds is 6. The second-order valence-electron chi connectivity index (χ2n) is 7.54. The Kier molecular flexibility index (Phi) is 6.79. The van der Waals surface area contributed by atoms with Gasteiger partial charge in [0.2, 0.25) is 5.91 Å². The van der Waals surface area contributed by atoms with E-state index < -0.39 is 0 Å². The molecule has 0 spiro atoms. The average Bonchev–Trinajstić information content (AvgIpc) is 3.37. The zero-order valence-corrected chi connectivity index (χ0v) is 16.3. The van der Waals surface area contributed by atoms with Crippen molar-refractivity contribution in [2.45, 2.75) is 44.9 Å². The summed E-state index contributed by atoms with van der Waals surface area (Å²) in [4.78, 5) is 12.2. The molecule has 0 aromatic heterocycles. The minimum Gasteiger partial charge on any atom is -0.385 e. The maximum Gasteiger partial charge on any atom is 0.242 e. The SMILES string of the molecule is COCCCNC(=S)NNC(=O)[C@@H]1C[C@H]1c1ccc(C(C)(C)C)cc1. The number of hydrazine groups is 1. The topological polar surface area (TPSA) is 62.4 Å². The Bertz CT molecular complexity index is 596. The van der Waals surface area contributed by atoms with Crippen LogP contribution in [-0.2, 0) is 14.9 Å². The Hall–Kier alpha value is -1.66. The van der Waals surface area contributed by atoms with Crippen LogP contribution in [0.15, 0.2) is 24.3 Å². The lowest BCUT2D eigenvalue weighted by molar-refractivity contribution is -0.122. The number of carbonyl (C=O) groups is 1. The summed E-state index contributed by atoms with van der Waals surface area (Å²) in [5.41, 5.74) is 8.15. The Morgan fingerprint density at radius 2 is 1.92 bits per heavy atom. The van der Waals surface area contributed by atoms with Gasteiger partial charge < -0.3 is 10.1 Å². The fourth-order valence-corrected chi connectivity index (χ4v) is 2.91. The molecule has 25 heavy (non-hydrogen) atoms. The highest BCUT2D eigenvalue weighted by atomic mass is 32.1. The molecule has 1 aliphatic rings. The van der Waals surface area contributed by atoms with E-state index in [1.54, 1.807) is 7.11 Å². The van der Waals surface area contributed by atoms with Crippen LogP contribution in [0.5, 0.6) is 0 Å². The number of carbonyl (C=O) groups excluding carboxylic acids is 1. The normalized spacial score (nSPS) is 19.2. The van der Waals surface area contributed by atoms with Crippen molar-refractivity contribution in [3.05, 3.63) is 35.4 Å². The van der Waals surface area contributed by atoms with Crippen LogP contribution in [0.25, 0.3) is 0 Å². The second-order valence-corrected chi connectivity index (χ2v) is 7.95. The fourth-order valence-electron chi connectivity index (χ4n) is 2.76. The van der Waals surface area contributed by atoms with Crippen molar-refractivity contribution in [3.8, 4) is 0 Å². The van der Waals surface area contributed by atoms with Gasteiger partial charge in [0, 0.05) is 26.2 Å². The Morgan fingerprint density at radius 3 is 2.52 bits per heavy atom. The van der Waals surface area contributed by atoms with Crippen LogP contribution < -0.4 is 16.2 Å². The molecule has 0 heterocycles. The molecule has 1 aliphatic carbocycles. The van der Waals surface area contributed by atoms with Gasteiger partial charge in [-0.15, -0.1) is 0 Å². The lowest BCUT2D eigenvalue weighted by Crippen LogP contribution is -2.47. The molecule has 0 bridgehead atoms. The standard InChI is InChI=1S/C19H29N3O2S/c1-19(2,3)14-8-6-13(7-9-14)15-12-16(15)17(23)21-22-18(25)20-10-5-11-24-4/h6-9,15-16H,5,10-12H2,1-4H3,(H,21,23)(H2,20,22,25)/t15-,16+/m0/s1. The smallest absolute Gasteiger partial charge is 0.242 e. The average molecular weight is 364 g/mol. The highest BCUT2D eigenvalue weighted by Crippen LogP contribution is 2.47. The summed E-state index contributed by atoms with van der Waals surface area (Å²) in [5.74, 6) is 0.314. The third kappa shape index (κ3) is 5.97. The summed E-state index contributed by atoms with van der Waals surface area (Å²) < 4.78 is 4.97. The van der Waals surface area contributed by atoms with E-state index in [1.807, 2.05) is 0 Å². The van der Waals surface area contributed by atoms with E-state index in [2.05, 4.69) is 61.2 Å². The van der Waals surface area contributed by atoms with Gasteiger partial charge in [-0.1, -0.05) is 45.0 Å². The summed E-state index contributed by atoms with van der Waals surface area (Å²) in [7, 11) is 1.67. The molecule has 2 atom stereocenters. The molecule has 0 radical (unpaired) electrons. The van der Waals surface area contributed by atoms with Crippen molar-refractivity contribution < 1.29 is 9.53 Å². The quantitative estimate of drug-likeness (QED) is 0.412. The van der Waals surface area contributed by atoms with Gasteiger partial charge >= 0.3 is 0 Å². The summed E-state index contributed by atoms with van der Waals surface area (Å²) in [6.07, 6.45) is 1.75. The number of hydrogen-bond acceptors (Lipinski definition) is 3. The molecule has 1 saturated carbocycles. The number of ether oxygens (including phenoxy) is 1. The van der Waals surface area contributed by atoms with Gasteiger partial charge in [-0.05, 0) is 47.5 Å². The van der Waals surface area contributed by atoms with Gasteiger partial charge in [0.15, 0.2) is 5.11 Å². The van der Waals surface area contributed by atoms with Crippen LogP contribution in [0.3, 0.4) is 0 Å². The maximum atomic E-state index is 12.2. The van der Waals surface area contributed by atoms with E-state index in [0.29, 0.717) is 24.2 Å². The van der Waals surface area contributed by atoms with Crippen molar-refractivity contribution in [3.63, 3.8) is 0 Å². The Labute approximate surface area is 155 Å². The molecule has 5 nitrogen and oxygen atoms in total. The third-order valence-electron chi connectivity index (χ3n) is 4.44. The first-order valence-corrected chi connectivity index (χ1v) is 9.17. The first-order chi connectivity index (χ1) is 11.8. The molecular formula is C19H29N3O2S. The second kappa shape index (κ2) is 8.63. The largest absolute Gasteiger partial charge is 0.385 e. The molecule has 1 aromatic rings. The van der Waals surface area contributed by atoms with Gasteiger partial charge in [-0.2, -0.15) is 0 Å². The number of benzene rings is 1. The van der Waals surface area contributed by atoms with Gasteiger partial charge in [-0.3, -0.25) is 15.6 Å². The Balaban J connectivity index is 1.73. The monoisotopic (exact) mass is 363 g/mol. The van der Waals surface area contributed by atoms with Gasteiger partial charge in [0.1, 0.15) is 0 Å². The molecule has 0 aliphatic heterocycles. The predicted molar refractivity (Wildman–Crippen MR) is 104 cm³/mol. The lowest BCUT2D eigenvalue weighted by atomic mass is 9.86. The summed E-state index contributed by atoms with van der Waals surface area (Å²) in [6.45, 7) is 8.00. The Morgan fingerprint density at radius 1 is 1.24 bits per heavy atom. The summed E-state index contributed by atoms with van der Waals surface area (Å²) >= 11 is 5.12. The fraction of sp³-hybridized carbons (Fsp3) is 0.579. The van der Waals surface area contributed by atoms with E-state index in [4.69, 9.17) is 17.0 Å². The van der Waals surface area contributed by atoms with Crippen LogP contribution in [0.1, 0.15) is 50.7 Å². The number of thiocarbonyl (C=S) groups is 1. The highest BCUT2D eigenvalue weighted by molar-refractivity contribution is 7.80. The highest BCUT2D eigenvalue weighted by Gasteiger charge is 2.44. The van der Waals surface area contributed by atoms with Crippen molar-refractivity contribution in [2.75, 3.05) is 20.3 Å². The number of hydrogen-bond donors (Lipinski definition) is 3. The molecule has 1 amide bonds. The van der Waals surface area contributed by atoms with E-state index in [1.165, 1.54) is 11.1 Å². The molecule has 1 fully saturated rings. The van der Waals surface area contributed by atoms with Crippen LogP contribution in [0.4, 0.5) is 0 Å². The van der Waals surface area contributed by atoms with Crippen LogP contribution >= 0.6 is 12.2 Å². The summed E-state index contributed by atoms with van der Waals surface area (Å²) in [6, 6.07) is 8.63.